The third-order valence-electron chi connectivity index (χ3n) is 12.3. The number of benzene rings is 4. The first kappa shape index (κ1) is 48.4. The van der Waals surface area contributed by atoms with Crippen LogP contribution in [0.5, 0.6) is 0 Å². The summed E-state index contributed by atoms with van der Waals surface area (Å²) in [5, 5.41) is 0. The Kier molecular flexibility index (Phi) is 13.8. The SMILES string of the molecule is CC(C)(C)c1ccc([C](c2ccc(C(C)(C)C)cc2)=[Zr]([C]2=CC=CC2)[CH]2c3cc(C(C)(C)C)c(C(C)(C)C)cc3-c3cc(C(C)(C)C)c(C(C)(C)C)cc32)cc1.Cl.Cl. The molecule has 0 aromatic heterocycles. The smallest absolute Gasteiger partial charge is 0.147 e. The molecular weight excluding hydrogens is 823 g/mol. The van der Waals surface area contributed by atoms with Crippen LogP contribution in [0.3, 0.4) is 0 Å². The molecule has 0 aliphatic heterocycles. The molecule has 2 aliphatic rings. The molecule has 0 atom stereocenters. The van der Waals surface area contributed by atoms with Crippen LogP contribution in [0.15, 0.2) is 94.3 Å². The molecule has 0 bridgehead atoms. The fourth-order valence-electron chi connectivity index (χ4n) is 9.03. The fraction of sp³-hybridized carbons (Fsp3) is 0.473. The molecule has 4 aromatic carbocycles. The van der Waals surface area contributed by atoms with Crippen molar-refractivity contribution in [3.8, 4) is 11.1 Å². The summed E-state index contributed by atoms with van der Waals surface area (Å²) in [6.07, 6.45) is 8.35. The Hall–Kier alpha value is -2.31. The standard InChI is InChI=1S/C29H41.C21H26.C5H5.2ClH.Zr/c1-26(2,3)22-14-18-13-19-15-23(27(4,5)6)25(29(10,11)12)17-21(19)20(18)16-24(22)28(7,8)9;1-20(2,3)18-11-7-16(8-12-18)15-17-9-13-19(14-10-17)21(4,5)6;1-2-4-5-3-1;;;/h13-17H,1-12H3;7-14H,1-6H3;1-3H,4H2;2*1H;. The van der Waals surface area contributed by atoms with E-state index in [0.717, 1.165) is 6.42 Å². The van der Waals surface area contributed by atoms with Crippen LogP contribution in [0.2, 0.25) is 0 Å². The van der Waals surface area contributed by atoms with Gasteiger partial charge in [-0.3, -0.25) is 0 Å². The zero-order chi connectivity index (χ0) is 41.6. The molecule has 0 radical (unpaired) electrons. The van der Waals surface area contributed by atoms with Crippen molar-refractivity contribution in [2.75, 3.05) is 0 Å². The molecule has 4 aromatic rings. The van der Waals surface area contributed by atoms with E-state index < -0.39 is 21.3 Å². The van der Waals surface area contributed by atoms with Crippen molar-refractivity contribution < 1.29 is 21.3 Å². The molecule has 0 fully saturated rings. The van der Waals surface area contributed by atoms with Crippen molar-refractivity contribution in [1.82, 2.24) is 0 Å². The second-order valence-electron chi connectivity index (χ2n) is 23.2. The number of halogens is 2. The van der Waals surface area contributed by atoms with E-state index in [9.17, 15) is 0 Å². The monoisotopic (exact) mass is 894 g/mol. The van der Waals surface area contributed by atoms with Gasteiger partial charge in [0, 0.05) is 0 Å². The van der Waals surface area contributed by atoms with Crippen LogP contribution in [0.25, 0.3) is 11.1 Å². The molecule has 0 spiro atoms. The predicted octanol–water partition coefficient (Wildman–Crippen LogP) is 16.1. The topological polar surface area (TPSA) is 0 Å². The van der Waals surface area contributed by atoms with Gasteiger partial charge in [-0.25, -0.2) is 0 Å². The number of fused-ring (bicyclic) bond motifs is 3. The molecule has 0 nitrogen and oxygen atoms in total. The van der Waals surface area contributed by atoms with Gasteiger partial charge in [-0.15, -0.1) is 24.8 Å². The molecular formula is C55H74Cl2Zr. The first-order valence-corrected chi connectivity index (χ1v) is 25.2. The van der Waals surface area contributed by atoms with Crippen LogP contribution in [-0.2, 0) is 53.8 Å². The van der Waals surface area contributed by atoms with E-state index in [4.69, 9.17) is 0 Å². The Morgan fingerprint density at radius 1 is 0.448 bits per heavy atom. The second-order valence-corrected chi connectivity index (χ2v) is 29.4. The fourth-order valence-corrected chi connectivity index (χ4v) is 18.0. The molecule has 2 aliphatic carbocycles. The maximum absolute atomic E-state index is 2.95. The second kappa shape index (κ2) is 16.5. The van der Waals surface area contributed by atoms with Crippen LogP contribution in [0.1, 0.15) is 190 Å². The third kappa shape index (κ3) is 9.59. The minimum Gasteiger partial charge on any atom is -0.147 e. The van der Waals surface area contributed by atoms with Crippen LogP contribution in [0.4, 0.5) is 0 Å². The number of hydrogen-bond donors (Lipinski definition) is 0. The normalized spacial score (nSPS) is 14.7. The van der Waals surface area contributed by atoms with Gasteiger partial charge in [0.15, 0.2) is 0 Å². The summed E-state index contributed by atoms with van der Waals surface area (Å²) >= 11 is -2.95. The zero-order valence-electron chi connectivity index (χ0n) is 39.3. The Labute approximate surface area is 374 Å². The molecule has 312 valence electrons. The molecule has 3 heteroatoms. The maximum atomic E-state index is 2.71. The van der Waals surface area contributed by atoms with E-state index in [1.54, 1.807) is 17.6 Å². The minimum absolute atomic E-state index is 0. The van der Waals surface area contributed by atoms with E-state index >= 15 is 0 Å². The van der Waals surface area contributed by atoms with Crippen molar-refractivity contribution in [2.24, 2.45) is 0 Å². The van der Waals surface area contributed by atoms with Crippen molar-refractivity contribution in [1.29, 1.82) is 0 Å². The van der Waals surface area contributed by atoms with E-state index in [1.807, 2.05) is 0 Å². The van der Waals surface area contributed by atoms with Crippen molar-refractivity contribution in [2.45, 2.75) is 167 Å². The quantitative estimate of drug-likeness (QED) is 0.191. The molecule has 6 rings (SSSR count). The average Bonchev–Trinajstić information content (AvgIpc) is 3.70. The van der Waals surface area contributed by atoms with Crippen LogP contribution >= 0.6 is 24.8 Å². The van der Waals surface area contributed by atoms with Crippen LogP contribution < -0.4 is 0 Å². The molecule has 0 amide bonds. The predicted molar refractivity (Wildman–Crippen MR) is 258 cm³/mol. The first-order valence-electron chi connectivity index (χ1n) is 21.3. The molecule has 0 unspecified atom stereocenters. The zero-order valence-corrected chi connectivity index (χ0v) is 43.4. The van der Waals surface area contributed by atoms with Gasteiger partial charge in [0.2, 0.25) is 0 Å². The molecule has 0 heterocycles. The largest absolute Gasteiger partial charge is 0.147 e. The summed E-state index contributed by atoms with van der Waals surface area (Å²) < 4.78 is 3.67. The van der Waals surface area contributed by atoms with E-state index in [1.165, 1.54) is 55.6 Å². The molecule has 0 N–H and O–H groups in total. The average molecular weight is 897 g/mol. The minimum atomic E-state index is -2.95. The van der Waals surface area contributed by atoms with Gasteiger partial charge in [0.25, 0.3) is 0 Å². The Morgan fingerprint density at radius 3 is 1.05 bits per heavy atom. The summed E-state index contributed by atoms with van der Waals surface area (Å²) in [4.78, 5) is 0. The van der Waals surface area contributed by atoms with Gasteiger partial charge >= 0.3 is 353 Å². The van der Waals surface area contributed by atoms with E-state index in [-0.39, 0.29) is 57.3 Å². The van der Waals surface area contributed by atoms with Gasteiger partial charge in [-0.1, -0.05) is 0 Å². The van der Waals surface area contributed by atoms with Gasteiger partial charge in [0.05, 0.1) is 0 Å². The Bertz CT molecular complexity index is 2090. The van der Waals surface area contributed by atoms with E-state index in [2.05, 4.69) is 216 Å². The van der Waals surface area contributed by atoms with Crippen molar-refractivity contribution in [3.05, 3.63) is 150 Å². The maximum Gasteiger partial charge on any atom is -0.147 e. The van der Waals surface area contributed by atoms with Gasteiger partial charge < -0.3 is 0 Å². The third-order valence-corrected chi connectivity index (χ3v) is 20.6. The van der Waals surface area contributed by atoms with Gasteiger partial charge in [-0.2, -0.15) is 0 Å². The molecule has 0 saturated heterocycles. The van der Waals surface area contributed by atoms with E-state index in [0.29, 0.717) is 3.63 Å². The number of hydrogen-bond acceptors (Lipinski definition) is 0. The van der Waals surface area contributed by atoms with Crippen LogP contribution in [-0.4, -0.2) is 3.21 Å². The summed E-state index contributed by atoms with van der Waals surface area (Å²) in [5.41, 5.74) is 17.9. The van der Waals surface area contributed by atoms with Crippen LogP contribution in [0, 0.1) is 0 Å². The summed E-state index contributed by atoms with van der Waals surface area (Å²) in [5.74, 6) is 0. The van der Waals surface area contributed by atoms with Crippen molar-refractivity contribution in [3.63, 3.8) is 0 Å². The summed E-state index contributed by atoms with van der Waals surface area (Å²) in [7, 11) is 0. The Morgan fingerprint density at radius 2 is 0.776 bits per heavy atom. The summed E-state index contributed by atoms with van der Waals surface area (Å²) in [6, 6.07) is 30.3. The number of rotatable bonds is 4. The van der Waals surface area contributed by atoms with Crippen molar-refractivity contribution >= 4 is 28.0 Å². The number of allylic oxidation sites excluding steroid dienone is 4. The molecule has 58 heavy (non-hydrogen) atoms. The molecule has 0 saturated carbocycles. The Balaban J connectivity index is 0.00000372. The van der Waals surface area contributed by atoms with Gasteiger partial charge in [-0.05, 0) is 0 Å². The first-order chi connectivity index (χ1) is 25.6. The summed E-state index contributed by atoms with van der Waals surface area (Å²) in [6.45, 7) is 43.0. The van der Waals surface area contributed by atoms with Gasteiger partial charge in [0.1, 0.15) is 0 Å².